The molecule has 8 nitrogen and oxygen atoms in total. The number of carboxylic acid groups (broad SMARTS) is 1. The van der Waals surface area contributed by atoms with Gasteiger partial charge in [0.25, 0.3) is 5.78 Å². The van der Waals surface area contributed by atoms with E-state index in [4.69, 9.17) is 11.6 Å². The number of aryl methyl sites for hydroxylation is 2. The van der Waals surface area contributed by atoms with E-state index >= 15 is 0 Å². The maximum Gasteiger partial charge on any atom is 0.305 e. The summed E-state index contributed by atoms with van der Waals surface area (Å²) in [5.41, 5.74) is 3.59. The van der Waals surface area contributed by atoms with Gasteiger partial charge in [-0.05, 0) is 43.5 Å². The molecule has 3 N–H and O–H groups in total. The first kappa shape index (κ1) is 21.6. The molecule has 0 aliphatic heterocycles. The van der Waals surface area contributed by atoms with Crippen molar-refractivity contribution in [1.29, 1.82) is 0 Å². The van der Waals surface area contributed by atoms with Crippen molar-refractivity contribution in [3.8, 4) is 0 Å². The van der Waals surface area contributed by atoms with Gasteiger partial charge in [0, 0.05) is 28.5 Å². The van der Waals surface area contributed by atoms with E-state index in [2.05, 4.69) is 25.7 Å². The number of benzene rings is 2. The number of anilines is 3. The summed E-state index contributed by atoms with van der Waals surface area (Å²) in [6, 6.07) is 16.8. The molecule has 0 radical (unpaired) electrons. The number of rotatable bonds is 8. The number of hydrogen-bond acceptors (Lipinski definition) is 6. The Labute approximate surface area is 190 Å². The third-order valence-electron chi connectivity index (χ3n) is 4.98. The van der Waals surface area contributed by atoms with E-state index in [9.17, 15) is 9.90 Å². The second-order valence-corrected chi connectivity index (χ2v) is 8.08. The smallest absolute Gasteiger partial charge is 0.305 e. The van der Waals surface area contributed by atoms with Crippen LogP contribution in [0, 0.1) is 13.8 Å². The van der Waals surface area contributed by atoms with Gasteiger partial charge in [-0.15, -0.1) is 5.10 Å². The lowest BCUT2D eigenvalue weighted by Crippen LogP contribution is -2.27. The average molecular weight is 451 g/mol. The van der Waals surface area contributed by atoms with E-state index in [1.54, 1.807) is 4.52 Å². The number of aliphatic carboxylic acids is 1. The summed E-state index contributed by atoms with van der Waals surface area (Å²) >= 11 is 6.12. The van der Waals surface area contributed by atoms with E-state index in [0.29, 0.717) is 29.0 Å². The minimum absolute atomic E-state index is 0.0424. The molecule has 0 spiro atoms. The van der Waals surface area contributed by atoms with Gasteiger partial charge in [0.05, 0.1) is 6.42 Å². The number of fused-ring (bicyclic) bond motifs is 1. The molecular formula is C23H23ClN6O2. The Morgan fingerprint density at radius 3 is 2.66 bits per heavy atom. The van der Waals surface area contributed by atoms with Gasteiger partial charge < -0.3 is 15.7 Å². The molecule has 9 heteroatoms. The SMILES string of the molecule is Cc1cc(N[C@@H](CC(=O)O)Cc2ccccc2)n2nc(Nc3cc(Cl)ccc3C)nc2n1. The van der Waals surface area contributed by atoms with Crippen molar-refractivity contribution in [2.24, 2.45) is 0 Å². The van der Waals surface area contributed by atoms with Gasteiger partial charge in [0.2, 0.25) is 5.95 Å². The van der Waals surface area contributed by atoms with Crippen LogP contribution in [0.4, 0.5) is 17.5 Å². The van der Waals surface area contributed by atoms with E-state index in [1.807, 2.05) is 68.4 Å². The Hall–Kier alpha value is -3.65. The Balaban J connectivity index is 1.65. The molecule has 2 aromatic heterocycles. The highest BCUT2D eigenvalue weighted by atomic mass is 35.5. The van der Waals surface area contributed by atoms with E-state index in [0.717, 1.165) is 22.5 Å². The van der Waals surface area contributed by atoms with Crippen LogP contribution in [0.1, 0.15) is 23.2 Å². The summed E-state index contributed by atoms with van der Waals surface area (Å²) in [7, 11) is 0. The summed E-state index contributed by atoms with van der Waals surface area (Å²) in [5, 5.41) is 21.1. The first-order valence-electron chi connectivity index (χ1n) is 10.2. The van der Waals surface area contributed by atoms with E-state index < -0.39 is 5.97 Å². The van der Waals surface area contributed by atoms with Gasteiger partial charge in [0.15, 0.2) is 0 Å². The highest BCUT2D eigenvalue weighted by Crippen LogP contribution is 2.24. The van der Waals surface area contributed by atoms with Gasteiger partial charge >= 0.3 is 5.97 Å². The zero-order valence-corrected chi connectivity index (χ0v) is 18.5. The summed E-state index contributed by atoms with van der Waals surface area (Å²) in [5.74, 6) is 0.522. The largest absolute Gasteiger partial charge is 0.481 e. The lowest BCUT2D eigenvalue weighted by molar-refractivity contribution is -0.137. The average Bonchev–Trinajstić information content (AvgIpc) is 3.13. The van der Waals surface area contributed by atoms with Crippen molar-refractivity contribution in [1.82, 2.24) is 19.6 Å². The van der Waals surface area contributed by atoms with Crippen LogP contribution in [-0.4, -0.2) is 36.7 Å². The summed E-state index contributed by atoms with van der Waals surface area (Å²) < 4.78 is 1.58. The molecule has 1 atom stereocenters. The van der Waals surface area contributed by atoms with Crippen LogP contribution in [0.5, 0.6) is 0 Å². The van der Waals surface area contributed by atoms with Gasteiger partial charge in [-0.25, -0.2) is 4.98 Å². The van der Waals surface area contributed by atoms with Crippen molar-refractivity contribution in [3.63, 3.8) is 0 Å². The Morgan fingerprint density at radius 1 is 1.12 bits per heavy atom. The number of carbonyl (C=O) groups is 1. The van der Waals surface area contributed by atoms with Crippen LogP contribution in [0.2, 0.25) is 5.02 Å². The maximum absolute atomic E-state index is 11.5. The Kier molecular flexibility index (Phi) is 6.23. The van der Waals surface area contributed by atoms with Crippen molar-refractivity contribution in [2.75, 3.05) is 10.6 Å². The van der Waals surface area contributed by atoms with Crippen LogP contribution >= 0.6 is 11.6 Å². The van der Waals surface area contributed by atoms with Crippen molar-refractivity contribution in [2.45, 2.75) is 32.7 Å². The van der Waals surface area contributed by atoms with Gasteiger partial charge in [-0.1, -0.05) is 48.0 Å². The summed E-state index contributed by atoms with van der Waals surface area (Å²) in [4.78, 5) is 20.4. The molecule has 2 heterocycles. The molecule has 0 aliphatic carbocycles. The minimum Gasteiger partial charge on any atom is -0.481 e. The predicted octanol–water partition coefficient (Wildman–Crippen LogP) is 4.64. The fourth-order valence-electron chi connectivity index (χ4n) is 3.48. The van der Waals surface area contributed by atoms with Crippen molar-refractivity contribution in [3.05, 3.63) is 76.4 Å². The van der Waals surface area contributed by atoms with Gasteiger partial charge in [0.1, 0.15) is 5.82 Å². The minimum atomic E-state index is -0.877. The lowest BCUT2D eigenvalue weighted by Gasteiger charge is -2.19. The zero-order valence-electron chi connectivity index (χ0n) is 17.7. The molecule has 4 rings (SSSR count). The van der Waals surface area contributed by atoms with Crippen LogP contribution in [-0.2, 0) is 11.2 Å². The zero-order chi connectivity index (χ0) is 22.7. The first-order chi connectivity index (χ1) is 15.4. The Bertz CT molecular complexity index is 1260. The number of carboxylic acids is 1. The quantitative estimate of drug-likeness (QED) is 0.359. The molecule has 0 saturated carbocycles. The first-order valence-corrected chi connectivity index (χ1v) is 10.5. The number of aromatic nitrogens is 4. The van der Waals surface area contributed by atoms with Crippen molar-refractivity contribution < 1.29 is 9.90 Å². The lowest BCUT2D eigenvalue weighted by atomic mass is 10.0. The van der Waals surface area contributed by atoms with Crippen LogP contribution < -0.4 is 10.6 Å². The molecule has 0 aliphatic rings. The van der Waals surface area contributed by atoms with Crippen LogP contribution in [0.15, 0.2) is 54.6 Å². The van der Waals surface area contributed by atoms with Gasteiger partial charge in [-0.3, -0.25) is 4.79 Å². The molecule has 0 saturated heterocycles. The van der Waals surface area contributed by atoms with Crippen LogP contribution in [0.3, 0.4) is 0 Å². The third-order valence-corrected chi connectivity index (χ3v) is 5.22. The van der Waals surface area contributed by atoms with Gasteiger partial charge in [-0.2, -0.15) is 9.50 Å². The van der Waals surface area contributed by atoms with Crippen LogP contribution in [0.25, 0.3) is 5.78 Å². The molecular weight excluding hydrogens is 428 g/mol. The van der Waals surface area contributed by atoms with E-state index in [-0.39, 0.29) is 12.5 Å². The monoisotopic (exact) mass is 450 g/mol. The molecule has 4 aromatic rings. The number of nitrogens with one attached hydrogen (secondary N) is 2. The van der Waals surface area contributed by atoms with E-state index in [1.165, 1.54) is 0 Å². The fraction of sp³-hybridized carbons (Fsp3) is 0.217. The Morgan fingerprint density at radius 2 is 1.91 bits per heavy atom. The molecule has 2 aromatic carbocycles. The number of hydrogen-bond donors (Lipinski definition) is 3. The second-order valence-electron chi connectivity index (χ2n) is 7.64. The molecule has 164 valence electrons. The topological polar surface area (TPSA) is 104 Å². The molecule has 0 bridgehead atoms. The third kappa shape index (κ3) is 5.15. The summed E-state index contributed by atoms with van der Waals surface area (Å²) in [6.45, 7) is 3.82. The maximum atomic E-state index is 11.5. The highest BCUT2D eigenvalue weighted by Gasteiger charge is 2.18. The van der Waals surface area contributed by atoms with Crippen molar-refractivity contribution >= 4 is 40.8 Å². The molecule has 0 fully saturated rings. The normalized spacial score (nSPS) is 12.0. The molecule has 0 unspecified atom stereocenters. The predicted molar refractivity (Wildman–Crippen MR) is 125 cm³/mol. The second kappa shape index (κ2) is 9.23. The fourth-order valence-corrected chi connectivity index (χ4v) is 3.66. The highest BCUT2D eigenvalue weighted by molar-refractivity contribution is 6.30. The molecule has 32 heavy (non-hydrogen) atoms. The number of halogens is 1. The molecule has 0 amide bonds. The summed E-state index contributed by atoms with van der Waals surface area (Å²) in [6.07, 6.45) is 0.511. The number of nitrogens with zero attached hydrogens (tertiary/aromatic N) is 4. The standard InChI is InChI=1S/C23H23ClN6O2/c1-14-8-9-17(24)12-19(14)27-22-28-23-25-15(2)10-20(30(23)29-22)26-18(13-21(31)32)11-16-6-4-3-5-7-16/h3-10,12,18,26H,11,13H2,1-2H3,(H,27,29)(H,31,32)/t18-/m1/s1.